The van der Waals surface area contributed by atoms with E-state index in [1.54, 1.807) is 24.1 Å². The number of aromatic nitrogens is 2. The average Bonchev–Trinajstić information content (AvgIpc) is 3.41. The molecule has 5 aromatic rings. The molecule has 0 aliphatic carbocycles. The Morgan fingerprint density at radius 3 is 2.10 bits per heavy atom. The van der Waals surface area contributed by atoms with Crippen LogP contribution in [0, 0.1) is 13.8 Å². The van der Waals surface area contributed by atoms with Crippen LogP contribution in [0.1, 0.15) is 27.0 Å². The third-order valence-electron chi connectivity index (χ3n) is 6.79. The van der Waals surface area contributed by atoms with Gasteiger partial charge in [-0.25, -0.2) is 4.98 Å². The monoisotopic (exact) mass is 544 g/mol. The molecule has 1 aromatic heterocycles. The van der Waals surface area contributed by atoms with E-state index in [1.165, 1.54) is 0 Å². The number of carbonyl (C=O) groups excluding carboxylic acids is 2. The predicted octanol–water partition coefficient (Wildman–Crippen LogP) is 6.45. The Kier molecular flexibility index (Phi) is 8.25. The number of ether oxygens (including phenoxy) is 1. The fourth-order valence-corrected chi connectivity index (χ4v) is 4.49. The molecule has 0 saturated carbocycles. The van der Waals surface area contributed by atoms with E-state index < -0.39 is 0 Å². The van der Waals surface area contributed by atoms with Gasteiger partial charge in [-0.05, 0) is 67.9 Å². The Morgan fingerprint density at radius 1 is 0.829 bits per heavy atom. The molecule has 0 saturated heterocycles. The van der Waals surface area contributed by atoms with Gasteiger partial charge in [0.2, 0.25) is 11.9 Å². The maximum atomic E-state index is 13.5. The molecule has 4 aromatic carbocycles. The van der Waals surface area contributed by atoms with Crippen LogP contribution < -0.4 is 10.1 Å². The number of benzene rings is 4. The van der Waals surface area contributed by atoms with Gasteiger partial charge < -0.3 is 9.64 Å². The van der Waals surface area contributed by atoms with Crippen molar-refractivity contribution < 1.29 is 14.3 Å². The molecule has 7 heteroatoms. The van der Waals surface area contributed by atoms with E-state index in [0.29, 0.717) is 23.8 Å². The van der Waals surface area contributed by atoms with Crippen molar-refractivity contribution in [3.8, 4) is 22.7 Å². The van der Waals surface area contributed by atoms with Crippen molar-refractivity contribution in [2.24, 2.45) is 0 Å². The van der Waals surface area contributed by atoms with Gasteiger partial charge in [-0.1, -0.05) is 65.7 Å². The molecule has 5 rings (SSSR count). The van der Waals surface area contributed by atoms with E-state index in [0.717, 1.165) is 33.7 Å². The average molecular weight is 545 g/mol. The van der Waals surface area contributed by atoms with Gasteiger partial charge in [-0.3, -0.25) is 19.5 Å². The molecule has 0 radical (unpaired) electrons. The van der Waals surface area contributed by atoms with E-state index in [2.05, 4.69) is 5.32 Å². The van der Waals surface area contributed by atoms with Crippen molar-refractivity contribution in [1.29, 1.82) is 0 Å². The standard InChI is InChI=1S/C34H32N4O3/c1-24-9-13-28(14-10-24)33(40)37(21-26-7-5-4-6-8-26)23-32(39)36-34-35-31(27-15-19-30(41-3)20-16-27)22-38(34)29-17-11-25(2)12-18-29/h4-20,22H,21,23H2,1-3H3,(H,35,36,39). The molecule has 206 valence electrons. The van der Waals surface area contributed by atoms with Gasteiger partial charge in [0.25, 0.3) is 5.91 Å². The second-order valence-electron chi connectivity index (χ2n) is 9.94. The van der Waals surface area contributed by atoms with Crippen molar-refractivity contribution in [2.75, 3.05) is 19.0 Å². The highest BCUT2D eigenvalue weighted by Crippen LogP contribution is 2.26. The maximum Gasteiger partial charge on any atom is 0.254 e. The number of carbonyl (C=O) groups is 2. The summed E-state index contributed by atoms with van der Waals surface area (Å²) < 4.78 is 7.14. The smallest absolute Gasteiger partial charge is 0.254 e. The third-order valence-corrected chi connectivity index (χ3v) is 6.79. The van der Waals surface area contributed by atoms with Crippen LogP contribution in [0.25, 0.3) is 16.9 Å². The summed E-state index contributed by atoms with van der Waals surface area (Å²) in [4.78, 5) is 33.3. The molecule has 7 nitrogen and oxygen atoms in total. The number of hydrogen-bond donors (Lipinski definition) is 1. The van der Waals surface area contributed by atoms with Crippen LogP contribution in [0.15, 0.2) is 109 Å². The molecular formula is C34H32N4O3. The molecule has 0 aliphatic heterocycles. The molecule has 0 aliphatic rings. The zero-order valence-corrected chi connectivity index (χ0v) is 23.4. The van der Waals surface area contributed by atoms with E-state index in [1.807, 2.05) is 116 Å². The minimum Gasteiger partial charge on any atom is -0.497 e. The fourth-order valence-electron chi connectivity index (χ4n) is 4.49. The first-order valence-electron chi connectivity index (χ1n) is 13.4. The topological polar surface area (TPSA) is 76.5 Å². The van der Waals surface area contributed by atoms with Crippen molar-refractivity contribution in [1.82, 2.24) is 14.5 Å². The Balaban J connectivity index is 1.43. The number of anilines is 1. The summed E-state index contributed by atoms with van der Waals surface area (Å²) in [7, 11) is 1.62. The van der Waals surface area contributed by atoms with Crippen molar-refractivity contribution in [2.45, 2.75) is 20.4 Å². The number of amides is 2. The fraction of sp³-hybridized carbons (Fsp3) is 0.147. The van der Waals surface area contributed by atoms with Crippen LogP contribution in [0.3, 0.4) is 0 Å². The van der Waals surface area contributed by atoms with Gasteiger partial charge in [-0.15, -0.1) is 0 Å². The minimum atomic E-state index is -0.346. The lowest BCUT2D eigenvalue weighted by Gasteiger charge is -2.22. The second-order valence-corrected chi connectivity index (χ2v) is 9.94. The lowest BCUT2D eigenvalue weighted by Crippen LogP contribution is -2.38. The predicted molar refractivity (Wildman–Crippen MR) is 161 cm³/mol. The lowest BCUT2D eigenvalue weighted by molar-refractivity contribution is -0.117. The summed E-state index contributed by atoms with van der Waals surface area (Å²) in [6.45, 7) is 4.15. The number of methoxy groups -OCH3 is 1. The van der Waals surface area contributed by atoms with Gasteiger partial charge in [0, 0.05) is 29.6 Å². The number of nitrogens with zero attached hydrogens (tertiary/aromatic N) is 3. The number of rotatable bonds is 9. The lowest BCUT2D eigenvalue weighted by atomic mass is 10.1. The zero-order chi connectivity index (χ0) is 28.8. The van der Waals surface area contributed by atoms with Crippen LogP contribution in [-0.4, -0.2) is 39.9 Å². The van der Waals surface area contributed by atoms with Crippen molar-refractivity contribution in [3.63, 3.8) is 0 Å². The Bertz CT molecular complexity index is 1620. The molecule has 0 bridgehead atoms. The first-order valence-corrected chi connectivity index (χ1v) is 13.4. The van der Waals surface area contributed by atoms with Crippen LogP contribution in [0.5, 0.6) is 5.75 Å². The molecule has 2 amide bonds. The molecule has 0 unspecified atom stereocenters. The summed E-state index contributed by atoms with van der Waals surface area (Å²) in [5, 5.41) is 2.96. The highest BCUT2D eigenvalue weighted by molar-refractivity contribution is 5.99. The Morgan fingerprint density at radius 2 is 1.46 bits per heavy atom. The number of nitrogens with one attached hydrogen (secondary N) is 1. The van der Waals surface area contributed by atoms with E-state index in [9.17, 15) is 9.59 Å². The van der Waals surface area contributed by atoms with Crippen LogP contribution >= 0.6 is 0 Å². The van der Waals surface area contributed by atoms with Crippen LogP contribution in [-0.2, 0) is 11.3 Å². The Hall–Kier alpha value is -5.17. The second kappa shape index (κ2) is 12.3. The summed E-state index contributed by atoms with van der Waals surface area (Å²) >= 11 is 0. The first kappa shape index (κ1) is 27.4. The maximum absolute atomic E-state index is 13.5. The van der Waals surface area contributed by atoms with Crippen molar-refractivity contribution in [3.05, 3.63) is 132 Å². The molecule has 1 heterocycles. The van der Waals surface area contributed by atoms with Crippen LogP contribution in [0.4, 0.5) is 5.95 Å². The summed E-state index contributed by atoms with van der Waals surface area (Å²) in [6, 6.07) is 32.6. The largest absolute Gasteiger partial charge is 0.497 e. The van der Waals surface area contributed by atoms with E-state index in [4.69, 9.17) is 9.72 Å². The van der Waals surface area contributed by atoms with Gasteiger partial charge >= 0.3 is 0 Å². The summed E-state index contributed by atoms with van der Waals surface area (Å²) in [6.07, 6.45) is 1.89. The molecule has 0 spiro atoms. The van der Waals surface area contributed by atoms with Gasteiger partial charge in [0.15, 0.2) is 0 Å². The number of aryl methyl sites for hydroxylation is 2. The highest BCUT2D eigenvalue weighted by Gasteiger charge is 2.21. The first-order chi connectivity index (χ1) is 19.9. The summed E-state index contributed by atoms with van der Waals surface area (Å²) in [5.41, 5.74) is 6.08. The molecule has 0 fully saturated rings. The SMILES string of the molecule is COc1ccc(-c2cn(-c3ccc(C)cc3)c(NC(=O)CN(Cc3ccccc3)C(=O)c3ccc(C)cc3)n2)cc1. The highest BCUT2D eigenvalue weighted by atomic mass is 16.5. The summed E-state index contributed by atoms with van der Waals surface area (Å²) in [5.74, 6) is 0.551. The van der Waals surface area contributed by atoms with Gasteiger partial charge in [0.1, 0.15) is 12.3 Å². The van der Waals surface area contributed by atoms with Gasteiger partial charge in [-0.2, -0.15) is 0 Å². The number of hydrogen-bond acceptors (Lipinski definition) is 4. The molecule has 41 heavy (non-hydrogen) atoms. The normalized spacial score (nSPS) is 10.7. The van der Waals surface area contributed by atoms with E-state index in [-0.39, 0.29) is 18.4 Å². The Labute approximate surface area is 240 Å². The van der Waals surface area contributed by atoms with Crippen LogP contribution in [0.2, 0.25) is 0 Å². The zero-order valence-electron chi connectivity index (χ0n) is 23.4. The number of imidazole rings is 1. The molecule has 0 atom stereocenters. The van der Waals surface area contributed by atoms with E-state index >= 15 is 0 Å². The molecular weight excluding hydrogens is 512 g/mol. The van der Waals surface area contributed by atoms with Crippen molar-refractivity contribution >= 4 is 17.8 Å². The van der Waals surface area contributed by atoms with Gasteiger partial charge in [0.05, 0.1) is 12.8 Å². The third kappa shape index (κ3) is 6.70. The molecule has 1 N–H and O–H groups in total. The minimum absolute atomic E-state index is 0.139. The quantitative estimate of drug-likeness (QED) is 0.232.